The van der Waals surface area contributed by atoms with Gasteiger partial charge in [-0.05, 0) is 36.8 Å². The lowest BCUT2D eigenvalue weighted by atomic mass is 9.93. The predicted molar refractivity (Wildman–Crippen MR) is 112 cm³/mol. The average molecular weight is 441 g/mol. The number of hydrogen-bond donors (Lipinski definition) is 1. The van der Waals surface area contributed by atoms with Gasteiger partial charge in [0, 0.05) is 22.0 Å². The molecule has 136 valence electrons. The Balaban J connectivity index is 1.47. The van der Waals surface area contributed by atoms with Crippen LogP contribution in [-0.2, 0) is 16.1 Å². The molecule has 0 fully saturated rings. The summed E-state index contributed by atoms with van der Waals surface area (Å²) in [6.45, 7) is 1.84. The van der Waals surface area contributed by atoms with Gasteiger partial charge in [0.2, 0.25) is 0 Å². The number of carbonyl (C=O) groups is 1. The van der Waals surface area contributed by atoms with E-state index in [9.17, 15) is 4.79 Å². The summed E-state index contributed by atoms with van der Waals surface area (Å²) < 4.78 is 2.82. The Bertz CT molecular complexity index is 1000. The Labute approximate surface area is 170 Å². The zero-order valence-electron chi connectivity index (χ0n) is 14.6. The molecule has 3 aromatic rings. The van der Waals surface area contributed by atoms with E-state index in [-0.39, 0.29) is 5.91 Å². The maximum absolute atomic E-state index is 12.5. The first-order chi connectivity index (χ1) is 13.0. The highest BCUT2D eigenvalue weighted by Crippen LogP contribution is 2.32. The molecular weight excluding hydrogens is 424 g/mol. The van der Waals surface area contributed by atoms with E-state index in [1.165, 1.54) is 11.8 Å². The number of aromatic nitrogens is 2. The molecular formula is C20H17BrN4OS. The first-order valence-corrected chi connectivity index (χ1v) is 10.2. The van der Waals surface area contributed by atoms with E-state index in [2.05, 4.69) is 31.3 Å². The largest absolute Gasteiger partial charge is 0.303 e. The number of benzene rings is 2. The monoisotopic (exact) mass is 440 g/mol. The predicted octanol–water partition coefficient (Wildman–Crippen LogP) is 4.27. The van der Waals surface area contributed by atoms with Gasteiger partial charge in [0.05, 0.1) is 11.9 Å². The molecule has 0 bridgehead atoms. The molecule has 1 aliphatic rings. The van der Waals surface area contributed by atoms with Gasteiger partial charge in [-0.3, -0.25) is 4.79 Å². The van der Waals surface area contributed by atoms with Crippen LogP contribution in [0.5, 0.6) is 0 Å². The third-order valence-corrected chi connectivity index (χ3v) is 5.90. The van der Waals surface area contributed by atoms with Crippen LogP contribution in [0.25, 0.3) is 5.69 Å². The lowest BCUT2D eigenvalue weighted by molar-refractivity contribution is -0.123. The van der Waals surface area contributed by atoms with Crippen molar-refractivity contribution in [3.8, 4) is 5.69 Å². The van der Waals surface area contributed by atoms with Crippen molar-refractivity contribution in [2.45, 2.75) is 18.2 Å². The quantitative estimate of drug-likeness (QED) is 0.658. The molecule has 1 atom stereocenters. The molecule has 7 heteroatoms. The molecule has 4 rings (SSSR count). The molecule has 1 aliphatic heterocycles. The van der Waals surface area contributed by atoms with E-state index in [1.807, 2.05) is 78.6 Å². The lowest BCUT2D eigenvalue weighted by Gasteiger charge is -2.17. The highest BCUT2D eigenvalue weighted by Gasteiger charge is 2.40. The molecule has 0 radical (unpaired) electrons. The fourth-order valence-corrected chi connectivity index (χ4v) is 3.98. The third-order valence-electron chi connectivity index (χ3n) is 4.43. The minimum Gasteiger partial charge on any atom is -0.303 e. The molecule has 2 heterocycles. The molecule has 2 aromatic carbocycles. The van der Waals surface area contributed by atoms with Crippen molar-refractivity contribution in [3.05, 3.63) is 82.6 Å². The normalized spacial score (nSPS) is 19.0. The van der Waals surface area contributed by atoms with Gasteiger partial charge in [0.15, 0.2) is 10.7 Å². The summed E-state index contributed by atoms with van der Waals surface area (Å²) in [5, 5.41) is 7.94. The second-order valence-electron chi connectivity index (χ2n) is 6.37. The first kappa shape index (κ1) is 18.0. The summed E-state index contributed by atoms with van der Waals surface area (Å²) in [5.74, 6) is 0.579. The van der Waals surface area contributed by atoms with Crippen LogP contribution in [0.15, 0.2) is 76.5 Å². The summed E-state index contributed by atoms with van der Waals surface area (Å²) >= 11 is 4.92. The number of amidine groups is 1. The molecule has 1 aromatic heterocycles. The van der Waals surface area contributed by atoms with Crippen molar-refractivity contribution in [1.82, 2.24) is 15.1 Å². The van der Waals surface area contributed by atoms with Gasteiger partial charge in [0.1, 0.15) is 0 Å². The van der Waals surface area contributed by atoms with E-state index >= 15 is 0 Å². The molecule has 0 saturated carbocycles. The topological polar surface area (TPSA) is 59.3 Å². The number of hydrogen-bond acceptors (Lipinski definition) is 4. The van der Waals surface area contributed by atoms with Crippen LogP contribution in [0.3, 0.4) is 0 Å². The number of halogens is 1. The lowest BCUT2D eigenvalue weighted by Crippen LogP contribution is -2.34. The maximum Gasteiger partial charge on any atom is 0.258 e. The molecule has 0 unspecified atom stereocenters. The van der Waals surface area contributed by atoms with Crippen molar-refractivity contribution < 1.29 is 4.79 Å². The summed E-state index contributed by atoms with van der Waals surface area (Å²) in [7, 11) is 0. The van der Waals surface area contributed by atoms with Crippen LogP contribution >= 0.6 is 27.7 Å². The number of nitrogens with one attached hydrogen (secondary N) is 1. The fourth-order valence-electron chi connectivity index (χ4n) is 2.85. The zero-order chi connectivity index (χ0) is 18.9. The summed E-state index contributed by atoms with van der Waals surface area (Å²) in [5.41, 5.74) is 2.06. The number of nitrogens with zero attached hydrogens (tertiary/aromatic N) is 3. The molecule has 1 N–H and O–H groups in total. The Hall–Kier alpha value is -2.38. The number of carbonyl (C=O) groups excluding carboxylic acids is 1. The third kappa shape index (κ3) is 3.70. The molecule has 1 amide bonds. The van der Waals surface area contributed by atoms with Gasteiger partial charge >= 0.3 is 0 Å². The van der Waals surface area contributed by atoms with Crippen LogP contribution in [-0.4, -0.2) is 20.9 Å². The van der Waals surface area contributed by atoms with E-state index < -0.39 is 5.54 Å². The minimum absolute atomic E-state index is 0.104. The Morgan fingerprint density at radius 2 is 1.89 bits per heavy atom. The van der Waals surface area contributed by atoms with Crippen LogP contribution in [0.2, 0.25) is 0 Å². The van der Waals surface area contributed by atoms with E-state index in [0.717, 1.165) is 21.3 Å². The Kier molecular flexibility index (Phi) is 4.88. The summed E-state index contributed by atoms with van der Waals surface area (Å²) in [6.07, 6.45) is 3.83. The Morgan fingerprint density at radius 3 is 2.63 bits per heavy atom. The highest BCUT2D eigenvalue weighted by atomic mass is 79.9. The number of amides is 1. The number of para-hydroxylation sites is 1. The van der Waals surface area contributed by atoms with Gasteiger partial charge in [0.25, 0.3) is 5.91 Å². The molecule has 5 nitrogen and oxygen atoms in total. The maximum atomic E-state index is 12.5. The van der Waals surface area contributed by atoms with Crippen LogP contribution < -0.4 is 5.32 Å². The molecule has 0 aliphatic carbocycles. The standard InChI is InChI=1S/C20H17BrN4OS/c1-20(15-7-9-16(21)10-8-15)18(26)23-19(24-20)27-13-14-11-22-25(12-14)17-5-3-2-4-6-17/h2-12H,13H2,1H3,(H,23,24,26)/t20-/m0/s1. The van der Waals surface area contributed by atoms with Gasteiger partial charge < -0.3 is 5.32 Å². The van der Waals surface area contributed by atoms with Crippen molar-refractivity contribution in [3.63, 3.8) is 0 Å². The smallest absolute Gasteiger partial charge is 0.258 e. The van der Waals surface area contributed by atoms with Crippen LogP contribution in [0.4, 0.5) is 0 Å². The Morgan fingerprint density at radius 1 is 1.15 bits per heavy atom. The highest BCUT2D eigenvalue weighted by molar-refractivity contribution is 9.10. The van der Waals surface area contributed by atoms with Crippen molar-refractivity contribution in [2.75, 3.05) is 0 Å². The van der Waals surface area contributed by atoms with Gasteiger partial charge in [-0.15, -0.1) is 0 Å². The summed E-state index contributed by atoms with van der Waals surface area (Å²) in [4.78, 5) is 17.2. The molecule has 0 saturated heterocycles. The van der Waals surface area contributed by atoms with Gasteiger partial charge in [-0.1, -0.05) is 58.0 Å². The minimum atomic E-state index is -0.892. The molecule has 0 spiro atoms. The SMILES string of the molecule is C[C@@]1(c2ccc(Br)cc2)N=C(SCc2cnn(-c3ccccc3)c2)NC1=O. The van der Waals surface area contributed by atoms with Gasteiger partial charge in [-0.25, -0.2) is 9.67 Å². The number of rotatable bonds is 4. The fraction of sp³-hybridized carbons (Fsp3) is 0.150. The second kappa shape index (κ2) is 7.32. The molecule has 27 heavy (non-hydrogen) atoms. The van der Waals surface area contributed by atoms with Crippen molar-refractivity contribution in [2.24, 2.45) is 4.99 Å². The first-order valence-electron chi connectivity index (χ1n) is 8.44. The van der Waals surface area contributed by atoms with E-state index in [4.69, 9.17) is 0 Å². The summed E-state index contributed by atoms with van der Waals surface area (Å²) in [6, 6.07) is 17.7. The average Bonchev–Trinajstić information content (AvgIpc) is 3.27. The second-order valence-corrected chi connectivity index (χ2v) is 8.25. The van der Waals surface area contributed by atoms with Gasteiger partial charge in [-0.2, -0.15) is 5.10 Å². The number of thioether (sulfide) groups is 1. The number of aliphatic imine (C=N–C) groups is 1. The van der Waals surface area contributed by atoms with Crippen LogP contribution in [0.1, 0.15) is 18.1 Å². The van der Waals surface area contributed by atoms with E-state index in [1.54, 1.807) is 0 Å². The van der Waals surface area contributed by atoms with Crippen LogP contribution in [0, 0.1) is 0 Å². The van der Waals surface area contributed by atoms with Crippen molar-refractivity contribution in [1.29, 1.82) is 0 Å². The zero-order valence-corrected chi connectivity index (χ0v) is 17.0. The van der Waals surface area contributed by atoms with Crippen molar-refractivity contribution >= 4 is 38.8 Å². The van der Waals surface area contributed by atoms with E-state index in [0.29, 0.717) is 10.9 Å².